The second-order valence-electron chi connectivity index (χ2n) is 5.99. The molecule has 0 saturated heterocycles. The molecule has 8 heteroatoms. The lowest BCUT2D eigenvalue weighted by Crippen LogP contribution is -2.38. The molecule has 0 spiro atoms. The zero-order chi connectivity index (χ0) is 17.5. The predicted octanol–water partition coefficient (Wildman–Crippen LogP) is 0.488. The summed E-state index contributed by atoms with van der Waals surface area (Å²) < 4.78 is 2.17. The molecule has 2 aromatic rings. The Morgan fingerprint density at radius 3 is 2.88 bits per heavy atom. The number of pyridine rings is 1. The van der Waals surface area contributed by atoms with Gasteiger partial charge in [-0.25, -0.2) is 0 Å². The molecule has 8 nitrogen and oxygen atoms in total. The summed E-state index contributed by atoms with van der Waals surface area (Å²) >= 11 is 0. The third-order valence-electron chi connectivity index (χ3n) is 4.16. The van der Waals surface area contributed by atoms with Crippen molar-refractivity contribution >= 4 is 11.8 Å². The van der Waals surface area contributed by atoms with Crippen LogP contribution in [0.2, 0.25) is 0 Å². The third-order valence-corrected chi connectivity index (χ3v) is 4.16. The van der Waals surface area contributed by atoms with Crippen LogP contribution in [-0.2, 0) is 24.2 Å². The molecule has 0 atom stereocenters. The van der Waals surface area contributed by atoms with Gasteiger partial charge in [-0.15, -0.1) is 10.2 Å². The van der Waals surface area contributed by atoms with Crippen molar-refractivity contribution in [3.05, 3.63) is 41.7 Å². The maximum atomic E-state index is 11.9. The number of carbonyl (C=O) groups is 2. The first kappa shape index (κ1) is 17.1. The van der Waals surface area contributed by atoms with E-state index in [2.05, 4.69) is 30.4 Å². The van der Waals surface area contributed by atoms with E-state index in [-0.39, 0.29) is 18.4 Å². The number of nitrogens with zero attached hydrogens (tertiary/aromatic N) is 4. The summed E-state index contributed by atoms with van der Waals surface area (Å²) in [7, 11) is 0. The summed E-state index contributed by atoms with van der Waals surface area (Å²) in [6, 6.07) is 5.06. The lowest BCUT2D eigenvalue weighted by atomic mass is 10.2. The molecular weight excluding hydrogens is 320 g/mol. The molecule has 1 aliphatic heterocycles. The molecule has 3 rings (SSSR count). The van der Waals surface area contributed by atoms with Gasteiger partial charge in [-0.1, -0.05) is 12.5 Å². The zero-order valence-corrected chi connectivity index (χ0v) is 14.1. The molecular formula is C17H22N6O2. The Morgan fingerprint density at radius 1 is 1.12 bits per heavy atom. The number of hydrogen-bond acceptors (Lipinski definition) is 5. The molecule has 0 bridgehead atoms. The van der Waals surface area contributed by atoms with Crippen molar-refractivity contribution in [1.82, 2.24) is 30.4 Å². The van der Waals surface area contributed by atoms with Crippen molar-refractivity contribution in [1.29, 1.82) is 0 Å². The molecule has 25 heavy (non-hydrogen) atoms. The van der Waals surface area contributed by atoms with Gasteiger partial charge in [0.2, 0.25) is 5.91 Å². The molecule has 0 aliphatic carbocycles. The quantitative estimate of drug-likeness (QED) is 0.795. The Morgan fingerprint density at radius 2 is 2.04 bits per heavy atom. The first-order valence-electron chi connectivity index (χ1n) is 8.61. The number of nitrogens with one attached hydrogen (secondary N) is 2. The van der Waals surface area contributed by atoms with E-state index in [1.165, 1.54) is 12.6 Å². The van der Waals surface area contributed by atoms with Crippen LogP contribution in [-0.4, -0.2) is 44.7 Å². The van der Waals surface area contributed by atoms with Crippen molar-refractivity contribution in [3.8, 4) is 0 Å². The average molecular weight is 342 g/mol. The molecule has 132 valence electrons. The number of aromatic nitrogens is 4. The monoisotopic (exact) mass is 342 g/mol. The fraction of sp³-hybridized carbons (Fsp3) is 0.471. The van der Waals surface area contributed by atoms with Crippen LogP contribution >= 0.6 is 0 Å². The van der Waals surface area contributed by atoms with Crippen LogP contribution in [0.3, 0.4) is 0 Å². The minimum absolute atomic E-state index is 0.0760. The van der Waals surface area contributed by atoms with E-state index in [9.17, 15) is 9.59 Å². The summed E-state index contributed by atoms with van der Waals surface area (Å²) in [6.07, 6.45) is 6.66. The van der Waals surface area contributed by atoms with Crippen LogP contribution < -0.4 is 10.6 Å². The van der Waals surface area contributed by atoms with Gasteiger partial charge >= 0.3 is 0 Å². The first-order chi connectivity index (χ1) is 12.2. The molecule has 0 radical (unpaired) electrons. The number of carbonyl (C=O) groups excluding carboxylic acids is 2. The largest absolute Gasteiger partial charge is 0.354 e. The Balaban J connectivity index is 1.41. The molecule has 2 aromatic heterocycles. The molecule has 0 fully saturated rings. The van der Waals surface area contributed by atoms with Crippen LogP contribution in [0.1, 0.15) is 41.4 Å². The van der Waals surface area contributed by atoms with Gasteiger partial charge in [0.25, 0.3) is 5.91 Å². The lowest BCUT2D eigenvalue weighted by molar-refractivity contribution is -0.120. The number of rotatable bonds is 6. The second-order valence-corrected chi connectivity index (χ2v) is 5.99. The van der Waals surface area contributed by atoms with Crippen LogP contribution in [0.25, 0.3) is 0 Å². The van der Waals surface area contributed by atoms with Crippen LogP contribution in [0.5, 0.6) is 0 Å². The Hall–Kier alpha value is -2.77. The van der Waals surface area contributed by atoms with Crippen molar-refractivity contribution in [2.24, 2.45) is 0 Å². The zero-order valence-electron chi connectivity index (χ0n) is 14.1. The van der Waals surface area contributed by atoms with Gasteiger partial charge in [-0.2, -0.15) is 0 Å². The van der Waals surface area contributed by atoms with E-state index < -0.39 is 0 Å². The molecule has 0 aromatic carbocycles. The highest BCUT2D eigenvalue weighted by Crippen LogP contribution is 2.14. The summed E-state index contributed by atoms with van der Waals surface area (Å²) in [4.78, 5) is 27.6. The highest BCUT2D eigenvalue weighted by Gasteiger charge is 2.14. The van der Waals surface area contributed by atoms with Crippen molar-refractivity contribution in [3.63, 3.8) is 0 Å². The van der Waals surface area contributed by atoms with E-state index in [4.69, 9.17) is 0 Å². The van der Waals surface area contributed by atoms with Gasteiger partial charge in [0.15, 0.2) is 0 Å². The summed E-state index contributed by atoms with van der Waals surface area (Å²) in [6.45, 7) is 1.34. The van der Waals surface area contributed by atoms with Gasteiger partial charge in [0, 0.05) is 32.1 Å². The molecule has 2 N–H and O–H groups in total. The molecule has 0 saturated carbocycles. The highest BCUT2D eigenvalue weighted by molar-refractivity contribution is 5.94. The SMILES string of the molecule is O=C(CNC(=O)c1ccccn1)NCCc1nnc2n1CCCCC2. The summed E-state index contributed by atoms with van der Waals surface area (Å²) in [5, 5.41) is 13.8. The van der Waals surface area contributed by atoms with Crippen LogP contribution in [0, 0.1) is 0 Å². The summed E-state index contributed by atoms with van der Waals surface area (Å²) in [5.74, 6) is 1.36. The molecule has 1 aliphatic rings. The van der Waals surface area contributed by atoms with Gasteiger partial charge in [0.05, 0.1) is 6.54 Å². The normalized spacial score (nSPS) is 13.6. The van der Waals surface area contributed by atoms with Gasteiger partial charge in [-0.3, -0.25) is 14.6 Å². The maximum Gasteiger partial charge on any atom is 0.270 e. The standard InChI is InChI=1S/C17H22N6O2/c24-16(12-20-17(25)13-6-3-4-9-18-13)19-10-8-15-22-21-14-7-2-1-5-11-23(14)15/h3-4,6,9H,1-2,5,7-8,10-12H2,(H,19,24)(H,20,25). The van der Waals surface area contributed by atoms with Crippen LogP contribution in [0.4, 0.5) is 0 Å². The highest BCUT2D eigenvalue weighted by atomic mass is 16.2. The minimum atomic E-state index is -0.362. The van der Waals surface area contributed by atoms with Gasteiger partial charge < -0.3 is 15.2 Å². The Labute approximate surface area is 146 Å². The van der Waals surface area contributed by atoms with Crippen LogP contribution in [0.15, 0.2) is 24.4 Å². The lowest BCUT2D eigenvalue weighted by Gasteiger charge is -2.08. The number of fused-ring (bicyclic) bond motifs is 1. The first-order valence-corrected chi connectivity index (χ1v) is 8.61. The fourth-order valence-corrected chi connectivity index (χ4v) is 2.85. The average Bonchev–Trinajstić information content (AvgIpc) is 2.87. The van der Waals surface area contributed by atoms with E-state index in [1.807, 2.05) is 0 Å². The fourth-order valence-electron chi connectivity index (χ4n) is 2.85. The number of amides is 2. The van der Waals surface area contributed by atoms with Crippen molar-refractivity contribution < 1.29 is 9.59 Å². The smallest absolute Gasteiger partial charge is 0.270 e. The number of hydrogen-bond donors (Lipinski definition) is 2. The Bertz CT molecular complexity index is 728. The van der Waals surface area contributed by atoms with E-state index in [1.54, 1.807) is 18.2 Å². The van der Waals surface area contributed by atoms with Crippen molar-refractivity contribution in [2.45, 2.75) is 38.6 Å². The van der Waals surface area contributed by atoms with E-state index >= 15 is 0 Å². The Kier molecular flexibility index (Phi) is 5.71. The molecule has 3 heterocycles. The second kappa shape index (κ2) is 8.36. The third kappa shape index (κ3) is 4.62. The maximum absolute atomic E-state index is 11.9. The minimum Gasteiger partial charge on any atom is -0.354 e. The van der Waals surface area contributed by atoms with E-state index in [0.717, 1.165) is 37.5 Å². The molecule has 2 amide bonds. The van der Waals surface area contributed by atoms with Gasteiger partial charge in [0.1, 0.15) is 17.3 Å². The molecule has 0 unspecified atom stereocenters. The van der Waals surface area contributed by atoms with Gasteiger partial charge in [-0.05, 0) is 25.0 Å². The predicted molar refractivity (Wildman–Crippen MR) is 90.9 cm³/mol. The van der Waals surface area contributed by atoms with Crippen molar-refractivity contribution in [2.75, 3.05) is 13.1 Å². The summed E-state index contributed by atoms with van der Waals surface area (Å²) in [5.41, 5.74) is 0.293. The number of aryl methyl sites for hydroxylation is 1. The van der Waals surface area contributed by atoms with E-state index in [0.29, 0.717) is 18.7 Å². The topological polar surface area (TPSA) is 102 Å².